The Bertz CT molecular complexity index is 534. The highest BCUT2D eigenvalue weighted by atomic mass is 16.3. The van der Waals surface area contributed by atoms with Crippen molar-refractivity contribution in [3.63, 3.8) is 0 Å². The molecule has 0 fully saturated rings. The Morgan fingerprint density at radius 1 is 0.857 bits per heavy atom. The molecule has 0 amide bonds. The monoisotopic (exact) mass is 282 g/mol. The Hall–Kier alpha value is -1.90. The standard InChI is InChI=1S/C19H22O2/c20-18(15-14-16-8-3-1-4-9-16)12-7-13-19(21)17-10-5-2-6-11-17/h1-11,13,18-21H,12,14-15H2/b13-7+/t18-,19+/m1/s1. The smallest absolute Gasteiger partial charge is 0.0971 e. The molecule has 2 aromatic rings. The van der Waals surface area contributed by atoms with Gasteiger partial charge in [-0.3, -0.25) is 0 Å². The van der Waals surface area contributed by atoms with Crippen LogP contribution in [0.2, 0.25) is 0 Å². The minimum atomic E-state index is -0.604. The van der Waals surface area contributed by atoms with E-state index in [9.17, 15) is 10.2 Å². The molecule has 0 bridgehead atoms. The van der Waals surface area contributed by atoms with Crippen LogP contribution in [0.3, 0.4) is 0 Å². The number of aliphatic hydroxyl groups excluding tert-OH is 2. The first-order chi connectivity index (χ1) is 10.3. The van der Waals surface area contributed by atoms with Gasteiger partial charge < -0.3 is 10.2 Å². The SMILES string of the molecule is O[C@H](C/C=C/[C@H](O)c1ccccc1)CCc1ccccc1. The third-order valence-electron chi connectivity index (χ3n) is 3.48. The summed E-state index contributed by atoms with van der Waals surface area (Å²) in [5.41, 5.74) is 2.11. The van der Waals surface area contributed by atoms with Crippen molar-refractivity contribution in [2.75, 3.05) is 0 Å². The Kier molecular flexibility index (Phi) is 6.20. The van der Waals surface area contributed by atoms with Crippen molar-refractivity contribution in [1.29, 1.82) is 0 Å². The molecule has 0 saturated heterocycles. The molecule has 21 heavy (non-hydrogen) atoms. The molecule has 2 N–H and O–H groups in total. The fraction of sp³-hybridized carbons (Fsp3) is 0.263. The highest BCUT2D eigenvalue weighted by Crippen LogP contribution is 2.14. The predicted molar refractivity (Wildman–Crippen MR) is 85.9 cm³/mol. The summed E-state index contributed by atoms with van der Waals surface area (Å²) >= 11 is 0. The molecule has 0 heterocycles. The fourth-order valence-electron chi connectivity index (χ4n) is 2.22. The third-order valence-corrected chi connectivity index (χ3v) is 3.48. The van der Waals surface area contributed by atoms with E-state index in [-0.39, 0.29) is 6.10 Å². The Morgan fingerprint density at radius 3 is 2.14 bits per heavy atom. The summed E-state index contributed by atoms with van der Waals surface area (Å²) in [6, 6.07) is 19.7. The van der Waals surface area contributed by atoms with E-state index in [2.05, 4.69) is 12.1 Å². The average Bonchev–Trinajstić information content (AvgIpc) is 2.54. The molecule has 0 radical (unpaired) electrons. The fourth-order valence-corrected chi connectivity index (χ4v) is 2.22. The van der Waals surface area contributed by atoms with Gasteiger partial charge in [-0.15, -0.1) is 0 Å². The molecule has 110 valence electrons. The van der Waals surface area contributed by atoms with Crippen molar-refractivity contribution in [1.82, 2.24) is 0 Å². The molecule has 0 aliphatic heterocycles. The van der Waals surface area contributed by atoms with E-state index < -0.39 is 6.10 Å². The van der Waals surface area contributed by atoms with Crippen molar-refractivity contribution in [3.8, 4) is 0 Å². The maximum Gasteiger partial charge on any atom is 0.0971 e. The van der Waals surface area contributed by atoms with Crippen LogP contribution in [0.5, 0.6) is 0 Å². The molecule has 0 saturated carbocycles. The molecule has 0 aromatic heterocycles. The van der Waals surface area contributed by atoms with Crippen LogP contribution in [0.15, 0.2) is 72.8 Å². The summed E-state index contributed by atoms with van der Waals surface area (Å²) in [5, 5.41) is 19.9. The number of hydrogen-bond donors (Lipinski definition) is 2. The molecule has 0 aliphatic carbocycles. The van der Waals surface area contributed by atoms with E-state index >= 15 is 0 Å². The lowest BCUT2D eigenvalue weighted by molar-refractivity contribution is 0.167. The molecule has 0 unspecified atom stereocenters. The number of hydrogen-bond acceptors (Lipinski definition) is 2. The second-order valence-corrected chi connectivity index (χ2v) is 5.20. The van der Waals surface area contributed by atoms with Crippen molar-refractivity contribution < 1.29 is 10.2 Å². The lowest BCUT2D eigenvalue weighted by atomic mass is 10.0. The van der Waals surface area contributed by atoms with E-state index in [1.807, 2.05) is 54.6 Å². The van der Waals surface area contributed by atoms with Crippen LogP contribution in [0.25, 0.3) is 0 Å². The van der Waals surface area contributed by atoms with E-state index in [0.717, 1.165) is 18.4 Å². The van der Waals surface area contributed by atoms with E-state index in [0.29, 0.717) is 6.42 Å². The maximum atomic E-state index is 9.97. The van der Waals surface area contributed by atoms with Gasteiger partial charge in [0.25, 0.3) is 0 Å². The van der Waals surface area contributed by atoms with Gasteiger partial charge in [0.05, 0.1) is 12.2 Å². The Balaban J connectivity index is 1.73. The Labute approximate surface area is 126 Å². The van der Waals surface area contributed by atoms with E-state index in [1.54, 1.807) is 6.08 Å². The van der Waals surface area contributed by atoms with Crippen LogP contribution >= 0.6 is 0 Å². The lowest BCUT2D eigenvalue weighted by Crippen LogP contribution is -2.06. The van der Waals surface area contributed by atoms with Crippen molar-refractivity contribution in [2.45, 2.75) is 31.5 Å². The van der Waals surface area contributed by atoms with Crippen LogP contribution in [-0.4, -0.2) is 16.3 Å². The largest absolute Gasteiger partial charge is 0.393 e. The summed E-state index contributed by atoms with van der Waals surface area (Å²) in [6.45, 7) is 0. The lowest BCUT2D eigenvalue weighted by Gasteiger charge is -2.09. The summed E-state index contributed by atoms with van der Waals surface area (Å²) in [5.74, 6) is 0. The van der Waals surface area contributed by atoms with Gasteiger partial charge in [0.1, 0.15) is 0 Å². The predicted octanol–water partition coefficient (Wildman–Crippen LogP) is 3.66. The molecule has 2 atom stereocenters. The third kappa shape index (κ3) is 5.54. The summed E-state index contributed by atoms with van der Waals surface area (Å²) in [7, 11) is 0. The zero-order valence-electron chi connectivity index (χ0n) is 12.1. The Morgan fingerprint density at radius 2 is 1.48 bits per heavy atom. The van der Waals surface area contributed by atoms with Gasteiger partial charge in [0, 0.05) is 0 Å². The second kappa shape index (κ2) is 8.40. The second-order valence-electron chi connectivity index (χ2n) is 5.20. The van der Waals surface area contributed by atoms with Gasteiger partial charge in [0.15, 0.2) is 0 Å². The van der Waals surface area contributed by atoms with Gasteiger partial charge in [-0.25, -0.2) is 0 Å². The first kappa shape index (κ1) is 15.5. The quantitative estimate of drug-likeness (QED) is 0.761. The molecule has 2 rings (SSSR count). The summed E-state index contributed by atoms with van der Waals surface area (Å²) in [6.07, 6.45) is 4.79. The normalized spacial score (nSPS) is 14.2. The van der Waals surface area contributed by atoms with Crippen LogP contribution in [0.4, 0.5) is 0 Å². The van der Waals surface area contributed by atoms with Crippen LogP contribution < -0.4 is 0 Å². The first-order valence-corrected chi connectivity index (χ1v) is 7.37. The van der Waals surface area contributed by atoms with Gasteiger partial charge in [-0.05, 0) is 30.4 Å². The minimum absolute atomic E-state index is 0.371. The molecular formula is C19H22O2. The molecule has 2 aromatic carbocycles. The molecule has 2 heteroatoms. The summed E-state index contributed by atoms with van der Waals surface area (Å²) in [4.78, 5) is 0. The van der Waals surface area contributed by atoms with E-state index in [1.165, 1.54) is 5.56 Å². The van der Waals surface area contributed by atoms with Crippen molar-refractivity contribution >= 4 is 0 Å². The number of aryl methyl sites for hydroxylation is 1. The molecule has 0 aliphatic rings. The first-order valence-electron chi connectivity index (χ1n) is 7.37. The van der Waals surface area contributed by atoms with E-state index in [4.69, 9.17) is 0 Å². The average molecular weight is 282 g/mol. The number of benzene rings is 2. The molecule has 2 nitrogen and oxygen atoms in total. The van der Waals surface area contributed by atoms with Gasteiger partial charge in [-0.1, -0.05) is 72.8 Å². The van der Waals surface area contributed by atoms with Gasteiger partial charge >= 0.3 is 0 Å². The zero-order chi connectivity index (χ0) is 14.9. The van der Waals surface area contributed by atoms with Crippen LogP contribution in [0, 0.1) is 0 Å². The molecular weight excluding hydrogens is 260 g/mol. The molecule has 0 spiro atoms. The summed E-state index contributed by atoms with van der Waals surface area (Å²) < 4.78 is 0. The van der Waals surface area contributed by atoms with Crippen molar-refractivity contribution in [3.05, 3.63) is 83.9 Å². The maximum absolute atomic E-state index is 9.97. The van der Waals surface area contributed by atoms with Crippen molar-refractivity contribution in [2.24, 2.45) is 0 Å². The zero-order valence-corrected chi connectivity index (χ0v) is 12.1. The number of rotatable bonds is 7. The highest BCUT2D eigenvalue weighted by molar-refractivity contribution is 5.21. The van der Waals surface area contributed by atoms with Gasteiger partial charge in [-0.2, -0.15) is 0 Å². The van der Waals surface area contributed by atoms with Crippen LogP contribution in [-0.2, 0) is 6.42 Å². The van der Waals surface area contributed by atoms with Gasteiger partial charge in [0.2, 0.25) is 0 Å². The highest BCUT2D eigenvalue weighted by Gasteiger charge is 2.04. The topological polar surface area (TPSA) is 40.5 Å². The number of aliphatic hydroxyl groups is 2. The minimum Gasteiger partial charge on any atom is -0.393 e. The van der Waals surface area contributed by atoms with Crippen LogP contribution in [0.1, 0.15) is 30.1 Å².